The van der Waals surface area contributed by atoms with E-state index in [2.05, 4.69) is 22.4 Å². The van der Waals surface area contributed by atoms with E-state index in [1.165, 1.54) is 11.8 Å². The van der Waals surface area contributed by atoms with Crippen LogP contribution in [0.15, 0.2) is 34.2 Å². The molecule has 2 aromatic rings. The van der Waals surface area contributed by atoms with Crippen LogP contribution >= 0.6 is 11.8 Å². The van der Waals surface area contributed by atoms with Crippen molar-refractivity contribution in [1.82, 2.24) is 14.8 Å². The molecule has 0 fully saturated rings. The first-order chi connectivity index (χ1) is 11.2. The molecule has 0 spiro atoms. The minimum atomic E-state index is -0.244. The molecule has 0 radical (unpaired) electrons. The van der Waals surface area contributed by atoms with Crippen molar-refractivity contribution in [2.24, 2.45) is 0 Å². The minimum absolute atomic E-state index is 0.161. The topological polar surface area (TPSA) is 89.0 Å². The van der Waals surface area contributed by atoms with Gasteiger partial charge in [-0.05, 0) is 18.6 Å². The van der Waals surface area contributed by atoms with E-state index in [1.807, 2.05) is 12.1 Å². The summed E-state index contributed by atoms with van der Waals surface area (Å²) in [4.78, 5) is 23.8. The molecule has 0 aliphatic rings. The van der Waals surface area contributed by atoms with Gasteiger partial charge in [-0.2, -0.15) is 0 Å². The van der Waals surface area contributed by atoms with E-state index in [1.54, 1.807) is 23.8 Å². The molecule has 0 aliphatic carbocycles. The van der Waals surface area contributed by atoms with Crippen LogP contribution in [0.3, 0.4) is 0 Å². The molecular formula is C15H20N4O3S. The summed E-state index contributed by atoms with van der Waals surface area (Å²) >= 11 is 1.23. The molecule has 0 saturated carbocycles. The fourth-order valence-electron chi connectivity index (χ4n) is 1.99. The number of aromatic nitrogens is 3. The van der Waals surface area contributed by atoms with Crippen LogP contribution in [0.4, 0.5) is 5.69 Å². The molecule has 0 saturated heterocycles. The number of hydrogen-bond donors (Lipinski definition) is 2. The number of carbonyl (C=O) groups excluding carboxylic acids is 1. The highest BCUT2D eigenvalue weighted by Crippen LogP contribution is 2.23. The van der Waals surface area contributed by atoms with Crippen LogP contribution in [0, 0.1) is 0 Å². The van der Waals surface area contributed by atoms with Gasteiger partial charge in [0, 0.05) is 6.54 Å². The number of carbonyl (C=O) groups is 1. The number of aromatic amines is 1. The molecule has 8 heteroatoms. The van der Waals surface area contributed by atoms with Crippen molar-refractivity contribution < 1.29 is 9.53 Å². The summed E-state index contributed by atoms with van der Waals surface area (Å²) in [5.41, 5.74) is 0.372. The van der Waals surface area contributed by atoms with Gasteiger partial charge in [0.05, 0.1) is 18.6 Å². The molecule has 7 nitrogen and oxygen atoms in total. The van der Waals surface area contributed by atoms with Gasteiger partial charge in [0.2, 0.25) is 5.91 Å². The third-order valence-electron chi connectivity index (χ3n) is 3.17. The molecule has 23 heavy (non-hydrogen) atoms. The summed E-state index contributed by atoms with van der Waals surface area (Å²) in [5, 5.41) is 9.71. The molecular weight excluding hydrogens is 316 g/mol. The number of amides is 1. The van der Waals surface area contributed by atoms with Gasteiger partial charge in [-0.15, -0.1) is 5.10 Å². The smallest absolute Gasteiger partial charge is 0.343 e. The predicted octanol–water partition coefficient (Wildman–Crippen LogP) is 2.11. The number of unbranched alkanes of at least 4 members (excludes halogenated alkanes) is 1. The number of nitrogens with one attached hydrogen (secondary N) is 2. The highest BCUT2D eigenvalue weighted by molar-refractivity contribution is 7.99. The fourth-order valence-corrected chi connectivity index (χ4v) is 2.76. The SMILES string of the molecule is CCCCn1c(SCC(=O)Nc2ccccc2OC)n[nH]c1=O. The van der Waals surface area contributed by atoms with Crippen molar-refractivity contribution in [2.75, 3.05) is 18.2 Å². The Kier molecular flexibility index (Phi) is 6.28. The van der Waals surface area contributed by atoms with Crippen LogP contribution in [0.25, 0.3) is 0 Å². The molecule has 0 aliphatic heterocycles. The zero-order valence-electron chi connectivity index (χ0n) is 13.2. The Labute approximate surface area is 138 Å². The number of nitrogens with zero attached hydrogens (tertiary/aromatic N) is 2. The summed E-state index contributed by atoms with van der Waals surface area (Å²) < 4.78 is 6.75. The van der Waals surface area contributed by atoms with Crippen LogP contribution in [0.1, 0.15) is 19.8 Å². The minimum Gasteiger partial charge on any atom is -0.495 e. The fraction of sp³-hybridized carbons (Fsp3) is 0.400. The summed E-state index contributed by atoms with van der Waals surface area (Å²) in [6, 6.07) is 7.20. The first-order valence-corrected chi connectivity index (χ1v) is 8.35. The molecule has 2 N–H and O–H groups in total. The highest BCUT2D eigenvalue weighted by atomic mass is 32.2. The number of hydrogen-bond acceptors (Lipinski definition) is 5. The lowest BCUT2D eigenvalue weighted by atomic mass is 10.3. The molecule has 0 bridgehead atoms. The Morgan fingerprint density at radius 2 is 2.22 bits per heavy atom. The van der Waals surface area contributed by atoms with Gasteiger partial charge in [0.15, 0.2) is 5.16 Å². The molecule has 1 aromatic carbocycles. The van der Waals surface area contributed by atoms with E-state index in [9.17, 15) is 9.59 Å². The Morgan fingerprint density at radius 1 is 1.43 bits per heavy atom. The van der Waals surface area contributed by atoms with Gasteiger partial charge in [0.1, 0.15) is 5.75 Å². The van der Waals surface area contributed by atoms with Crippen LogP contribution in [0.2, 0.25) is 0 Å². The van der Waals surface area contributed by atoms with Gasteiger partial charge < -0.3 is 10.1 Å². The van der Waals surface area contributed by atoms with E-state index in [0.29, 0.717) is 23.1 Å². The first-order valence-electron chi connectivity index (χ1n) is 7.36. The number of methoxy groups -OCH3 is 1. The Balaban J connectivity index is 1.96. The lowest BCUT2D eigenvalue weighted by molar-refractivity contribution is -0.113. The van der Waals surface area contributed by atoms with Gasteiger partial charge in [-0.1, -0.05) is 37.2 Å². The van der Waals surface area contributed by atoms with Crippen molar-refractivity contribution in [3.8, 4) is 5.75 Å². The van der Waals surface area contributed by atoms with E-state index < -0.39 is 0 Å². The third-order valence-corrected chi connectivity index (χ3v) is 4.15. The van der Waals surface area contributed by atoms with Crippen molar-refractivity contribution in [2.45, 2.75) is 31.5 Å². The lowest BCUT2D eigenvalue weighted by Gasteiger charge is -2.09. The Bertz CT molecular complexity index is 711. The third kappa shape index (κ3) is 4.62. The maximum Gasteiger partial charge on any atom is 0.343 e. The number of rotatable bonds is 8. The molecule has 2 rings (SSSR count). The summed E-state index contributed by atoms with van der Waals surface area (Å²) in [7, 11) is 1.55. The maximum atomic E-state index is 12.1. The zero-order valence-corrected chi connectivity index (χ0v) is 14.0. The summed E-state index contributed by atoms with van der Waals surface area (Å²) in [6.45, 7) is 2.65. The normalized spacial score (nSPS) is 10.5. The summed E-state index contributed by atoms with van der Waals surface area (Å²) in [6.07, 6.45) is 1.87. The van der Waals surface area contributed by atoms with Crippen molar-refractivity contribution >= 4 is 23.4 Å². The van der Waals surface area contributed by atoms with Gasteiger partial charge in [-0.3, -0.25) is 9.36 Å². The van der Waals surface area contributed by atoms with Crippen LogP contribution in [-0.4, -0.2) is 33.5 Å². The average Bonchev–Trinajstić information content (AvgIpc) is 2.91. The largest absolute Gasteiger partial charge is 0.495 e. The van der Waals surface area contributed by atoms with Gasteiger partial charge in [0.25, 0.3) is 0 Å². The number of ether oxygens (including phenoxy) is 1. The molecule has 0 atom stereocenters. The molecule has 124 valence electrons. The van der Waals surface area contributed by atoms with E-state index in [0.717, 1.165) is 12.8 Å². The first kappa shape index (κ1) is 17.1. The van der Waals surface area contributed by atoms with Gasteiger partial charge in [-0.25, -0.2) is 9.89 Å². The number of para-hydroxylation sites is 2. The Morgan fingerprint density at radius 3 is 2.96 bits per heavy atom. The molecule has 1 aromatic heterocycles. The summed E-state index contributed by atoms with van der Waals surface area (Å²) in [5.74, 6) is 0.580. The van der Waals surface area contributed by atoms with Crippen molar-refractivity contribution in [3.63, 3.8) is 0 Å². The van der Waals surface area contributed by atoms with Crippen LogP contribution in [0.5, 0.6) is 5.75 Å². The highest BCUT2D eigenvalue weighted by Gasteiger charge is 2.12. The number of anilines is 1. The van der Waals surface area contributed by atoms with E-state index in [4.69, 9.17) is 4.74 Å². The van der Waals surface area contributed by atoms with Gasteiger partial charge >= 0.3 is 5.69 Å². The second-order valence-corrected chi connectivity index (χ2v) is 5.80. The molecule has 1 amide bonds. The van der Waals surface area contributed by atoms with Crippen LogP contribution < -0.4 is 15.7 Å². The van der Waals surface area contributed by atoms with E-state index >= 15 is 0 Å². The standard InChI is InChI=1S/C15H20N4O3S/c1-3-4-9-19-14(21)17-18-15(19)23-10-13(20)16-11-7-5-6-8-12(11)22-2/h5-8H,3-4,9-10H2,1-2H3,(H,16,20)(H,17,21). The second kappa shape index (κ2) is 8.42. The average molecular weight is 336 g/mol. The Hall–Kier alpha value is -2.22. The maximum absolute atomic E-state index is 12.1. The number of H-pyrrole nitrogens is 1. The van der Waals surface area contributed by atoms with Crippen LogP contribution in [-0.2, 0) is 11.3 Å². The number of benzene rings is 1. The lowest BCUT2D eigenvalue weighted by Crippen LogP contribution is -2.19. The second-order valence-electron chi connectivity index (χ2n) is 4.85. The zero-order chi connectivity index (χ0) is 16.7. The molecule has 1 heterocycles. The van der Waals surface area contributed by atoms with E-state index in [-0.39, 0.29) is 17.3 Å². The quantitative estimate of drug-likeness (QED) is 0.721. The molecule has 0 unspecified atom stereocenters. The predicted molar refractivity (Wildman–Crippen MR) is 90.1 cm³/mol. The number of thioether (sulfide) groups is 1. The van der Waals surface area contributed by atoms with Crippen molar-refractivity contribution in [1.29, 1.82) is 0 Å². The monoisotopic (exact) mass is 336 g/mol. The van der Waals surface area contributed by atoms with Crippen molar-refractivity contribution in [3.05, 3.63) is 34.7 Å².